The quantitative estimate of drug-likeness (QED) is 0.419. The van der Waals surface area contributed by atoms with Crippen LogP contribution in [0.15, 0.2) is 46.3 Å². The minimum absolute atomic E-state index is 0.147. The van der Waals surface area contributed by atoms with Crippen LogP contribution in [-0.4, -0.2) is 53.1 Å². The highest BCUT2D eigenvalue weighted by Gasteiger charge is 2.17. The molecule has 0 aliphatic heterocycles. The number of esters is 1. The van der Waals surface area contributed by atoms with Gasteiger partial charge in [0.05, 0.1) is 12.0 Å². The Balaban J connectivity index is 1.69. The number of carbonyl (C=O) groups is 1. The second-order valence-corrected chi connectivity index (χ2v) is 9.43. The van der Waals surface area contributed by atoms with Crippen LogP contribution in [0.25, 0.3) is 5.65 Å². The lowest BCUT2D eigenvalue weighted by molar-refractivity contribution is -0.139. The predicted molar refractivity (Wildman–Crippen MR) is 108 cm³/mol. The summed E-state index contributed by atoms with van der Waals surface area (Å²) in [5, 5.41) is 12.8. The zero-order valence-electron chi connectivity index (χ0n) is 16.2. The molecule has 3 aromatic rings. The number of sulfonamides is 1. The first-order chi connectivity index (χ1) is 13.8. The number of hydrogen-bond donors (Lipinski definition) is 1. The third kappa shape index (κ3) is 5.11. The fourth-order valence-electron chi connectivity index (χ4n) is 2.53. The number of ether oxygens (including phenoxy) is 1. The van der Waals surface area contributed by atoms with Gasteiger partial charge < -0.3 is 4.74 Å². The van der Waals surface area contributed by atoms with E-state index in [1.165, 1.54) is 18.9 Å². The van der Waals surface area contributed by atoms with Gasteiger partial charge in [-0.05, 0) is 38.1 Å². The molecule has 3 rings (SSSR count). The molecular formula is C18H21N5O4S2. The molecule has 0 aliphatic rings. The second kappa shape index (κ2) is 8.89. The average molecular weight is 436 g/mol. The summed E-state index contributed by atoms with van der Waals surface area (Å²) in [6.45, 7) is 3.77. The van der Waals surface area contributed by atoms with Gasteiger partial charge in [-0.2, -0.15) is 9.61 Å². The normalized spacial score (nSPS) is 12.8. The second-order valence-electron chi connectivity index (χ2n) is 6.30. The van der Waals surface area contributed by atoms with Crippen molar-refractivity contribution in [3.05, 3.63) is 47.8 Å². The molecule has 0 aliphatic carbocycles. The number of thioether (sulfide) groups is 1. The lowest BCUT2D eigenvalue weighted by Gasteiger charge is -2.08. The van der Waals surface area contributed by atoms with Crippen LogP contribution in [0.2, 0.25) is 0 Å². The summed E-state index contributed by atoms with van der Waals surface area (Å²) in [5.74, 6) is 0.172. The number of nitrogens with zero attached hydrogens (tertiary/aromatic N) is 4. The Morgan fingerprint density at radius 3 is 2.62 bits per heavy atom. The first-order valence-corrected chi connectivity index (χ1v) is 11.2. The van der Waals surface area contributed by atoms with Crippen molar-refractivity contribution in [3.63, 3.8) is 0 Å². The highest BCUT2D eigenvalue weighted by molar-refractivity contribution is 8.00. The maximum Gasteiger partial charge on any atom is 0.318 e. The molecular weight excluding hydrogens is 414 g/mol. The molecule has 0 bridgehead atoms. The number of benzene rings is 1. The Morgan fingerprint density at radius 2 is 1.93 bits per heavy atom. The van der Waals surface area contributed by atoms with E-state index in [9.17, 15) is 13.2 Å². The summed E-state index contributed by atoms with van der Waals surface area (Å²) in [5.41, 5.74) is 1.52. The van der Waals surface area contributed by atoms with Crippen molar-refractivity contribution in [1.82, 2.24) is 24.5 Å². The van der Waals surface area contributed by atoms with Crippen LogP contribution in [0.4, 0.5) is 0 Å². The molecule has 0 spiro atoms. The van der Waals surface area contributed by atoms with Crippen LogP contribution < -0.4 is 4.72 Å². The Kier molecular flexibility index (Phi) is 6.50. The molecule has 0 radical (unpaired) electrons. The van der Waals surface area contributed by atoms with Gasteiger partial charge in [-0.1, -0.05) is 29.5 Å². The monoisotopic (exact) mass is 435 g/mol. The van der Waals surface area contributed by atoms with Crippen molar-refractivity contribution >= 4 is 33.4 Å². The van der Waals surface area contributed by atoms with Gasteiger partial charge in [0, 0.05) is 13.0 Å². The Labute approximate surface area is 172 Å². The number of aryl methyl sites for hydroxylation is 1. The fourth-order valence-corrected chi connectivity index (χ4v) is 4.39. The first kappa shape index (κ1) is 21.2. The molecule has 1 atom stereocenters. The first-order valence-electron chi connectivity index (χ1n) is 8.82. The lowest BCUT2D eigenvalue weighted by atomic mass is 10.2. The Bertz CT molecular complexity index is 1110. The molecule has 1 N–H and O–H groups in total. The number of fused-ring (bicyclic) bond motifs is 1. The van der Waals surface area contributed by atoms with E-state index in [4.69, 9.17) is 4.74 Å². The summed E-state index contributed by atoms with van der Waals surface area (Å²) in [4.78, 5) is 11.8. The zero-order valence-corrected chi connectivity index (χ0v) is 17.8. The molecule has 0 amide bonds. The van der Waals surface area contributed by atoms with Gasteiger partial charge in [0.2, 0.25) is 10.0 Å². The van der Waals surface area contributed by atoms with Gasteiger partial charge in [0.25, 0.3) is 0 Å². The smallest absolute Gasteiger partial charge is 0.318 e. The molecule has 9 nitrogen and oxygen atoms in total. The molecule has 0 saturated heterocycles. The van der Waals surface area contributed by atoms with Crippen molar-refractivity contribution < 1.29 is 17.9 Å². The van der Waals surface area contributed by atoms with Crippen LogP contribution >= 0.6 is 11.8 Å². The molecule has 154 valence electrons. The van der Waals surface area contributed by atoms with Crippen molar-refractivity contribution in [2.45, 2.75) is 35.4 Å². The van der Waals surface area contributed by atoms with E-state index in [0.717, 1.165) is 5.56 Å². The SMILES string of the molecule is COC(=O)[C@H](C)Sc1ccc2nnc(CCNS(=O)(=O)c3ccc(C)cc3)n2n1. The Morgan fingerprint density at radius 1 is 1.21 bits per heavy atom. The maximum atomic E-state index is 12.4. The summed E-state index contributed by atoms with van der Waals surface area (Å²) >= 11 is 1.26. The standard InChI is InChI=1S/C18H21N5O4S2/c1-12-4-6-14(7-5-12)29(25,26)19-11-10-16-21-20-15-8-9-17(22-23(15)16)28-13(2)18(24)27-3/h4-9,13,19H,10-11H2,1-3H3/t13-/m0/s1. The summed E-state index contributed by atoms with van der Waals surface area (Å²) in [7, 11) is -2.26. The highest BCUT2D eigenvalue weighted by Crippen LogP contribution is 2.22. The number of methoxy groups -OCH3 is 1. The third-order valence-corrected chi connectivity index (χ3v) is 6.59. The van der Waals surface area contributed by atoms with Crippen molar-refractivity contribution in [2.75, 3.05) is 13.7 Å². The van der Waals surface area contributed by atoms with Crippen molar-refractivity contribution in [1.29, 1.82) is 0 Å². The van der Waals surface area contributed by atoms with Gasteiger partial charge in [0.1, 0.15) is 10.3 Å². The number of rotatable bonds is 8. The van der Waals surface area contributed by atoms with Crippen molar-refractivity contribution in [3.8, 4) is 0 Å². The van der Waals surface area contributed by atoms with Crippen LogP contribution in [0.3, 0.4) is 0 Å². The third-order valence-electron chi connectivity index (χ3n) is 4.11. The van der Waals surface area contributed by atoms with Gasteiger partial charge in [-0.15, -0.1) is 10.2 Å². The van der Waals surface area contributed by atoms with E-state index in [0.29, 0.717) is 22.9 Å². The van der Waals surface area contributed by atoms with Crippen molar-refractivity contribution in [2.24, 2.45) is 0 Å². The average Bonchev–Trinajstić information content (AvgIpc) is 3.10. The fraction of sp³-hybridized carbons (Fsp3) is 0.333. The van der Waals surface area contributed by atoms with E-state index < -0.39 is 15.3 Å². The molecule has 1 aromatic carbocycles. The van der Waals surface area contributed by atoms with Gasteiger partial charge >= 0.3 is 5.97 Å². The minimum atomic E-state index is -3.60. The lowest BCUT2D eigenvalue weighted by Crippen LogP contribution is -2.26. The summed E-state index contributed by atoms with van der Waals surface area (Å²) < 4.78 is 33.6. The summed E-state index contributed by atoms with van der Waals surface area (Å²) in [6.07, 6.45) is 0.305. The minimum Gasteiger partial charge on any atom is -0.468 e. The maximum absolute atomic E-state index is 12.4. The molecule has 0 unspecified atom stereocenters. The number of hydrogen-bond acceptors (Lipinski definition) is 8. The molecule has 11 heteroatoms. The number of carbonyl (C=O) groups excluding carboxylic acids is 1. The van der Waals surface area contributed by atoms with Crippen LogP contribution in [0, 0.1) is 6.92 Å². The van der Waals surface area contributed by atoms with E-state index in [-0.39, 0.29) is 17.4 Å². The topological polar surface area (TPSA) is 116 Å². The predicted octanol–water partition coefficient (Wildman–Crippen LogP) is 1.61. The van der Waals surface area contributed by atoms with E-state index >= 15 is 0 Å². The van der Waals surface area contributed by atoms with Gasteiger partial charge in [-0.25, -0.2) is 13.1 Å². The van der Waals surface area contributed by atoms with E-state index in [1.807, 2.05) is 6.92 Å². The van der Waals surface area contributed by atoms with Gasteiger partial charge in [-0.3, -0.25) is 4.79 Å². The highest BCUT2D eigenvalue weighted by atomic mass is 32.2. The number of aromatic nitrogens is 4. The van der Waals surface area contributed by atoms with Crippen LogP contribution in [-0.2, 0) is 26.0 Å². The van der Waals surface area contributed by atoms with Gasteiger partial charge in [0.15, 0.2) is 11.5 Å². The largest absolute Gasteiger partial charge is 0.468 e. The molecule has 2 aromatic heterocycles. The van der Waals surface area contributed by atoms with Crippen LogP contribution in [0.1, 0.15) is 18.3 Å². The molecule has 29 heavy (non-hydrogen) atoms. The summed E-state index contributed by atoms with van der Waals surface area (Å²) in [6, 6.07) is 10.1. The molecule has 0 saturated carbocycles. The van der Waals surface area contributed by atoms with E-state index in [2.05, 4.69) is 20.0 Å². The van der Waals surface area contributed by atoms with Crippen LogP contribution in [0.5, 0.6) is 0 Å². The zero-order chi connectivity index (χ0) is 21.0. The Hall–Kier alpha value is -2.50. The van der Waals surface area contributed by atoms with E-state index in [1.54, 1.807) is 47.8 Å². The molecule has 2 heterocycles. The number of nitrogens with one attached hydrogen (secondary N) is 1. The molecule has 0 fully saturated rings.